The van der Waals surface area contributed by atoms with Crippen LogP contribution in [-0.4, -0.2) is 25.7 Å². The maximum Gasteiger partial charge on any atom is 0.157 e. The summed E-state index contributed by atoms with van der Waals surface area (Å²) < 4.78 is 23.1. The summed E-state index contributed by atoms with van der Waals surface area (Å²) in [6, 6.07) is 12.8. The van der Waals surface area contributed by atoms with Gasteiger partial charge in [-0.25, -0.2) is 8.42 Å². The van der Waals surface area contributed by atoms with Crippen molar-refractivity contribution in [3.05, 3.63) is 47.3 Å². The summed E-state index contributed by atoms with van der Waals surface area (Å²) in [7, 11) is -3.28. The van der Waals surface area contributed by atoms with E-state index in [0.717, 1.165) is 31.9 Å². The largest absolute Gasteiger partial charge is 0.299 e. The smallest absolute Gasteiger partial charge is 0.157 e. The Morgan fingerprint density at radius 2 is 1.79 bits per heavy atom. The Kier molecular flexibility index (Phi) is 6.75. The van der Waals surface area contributed by atoms with E-state index in [2.05, 4.69) is 41.8 Å². The number of hydrogen-bond acceptors (Lipinski definition) is 4. The summed E-state index contributed by atoms with van der Waals surface area (Å²) in [5.74, 6) is -0.248. The molecule has 130 valence electrons. The lowest BCUT2D eigenvalue weighted by molar-refractivity contribution is -0.116. The number of hydrogen-bond donors (Lipinski definition) is 0. The van der Waals surface area contributed by atoms with E-state index in [4.69, 9.17) is 0 Å². The molecule has 0 bridgehead atoms. The Balaban J connectivity index is 1.75. The van der Waals surface area contributed by atoms with Crippen molar-refractivity contribution in [1.82, 2.24) is 0 Å². The van der Waals surface area contributed by atoms with Crippen LogP contribution < -0.4 is 0 Å². The highest BCUT2D eigenvalue weighted by Crippen LogP contribution is 2.25. The van der Waals surface area contributed by atoms with Gasteiger partial charge in [-0.3, -0.25) is 4.79 Å². The molecule has 0 amide bonds. The number of sulfone groups is 1. The highest BCUT2D eigenvalue weighted by atomic mass is 32.2. The topological polar surface area (TPSA) is 51.2 Å². The zero-order valence-corrected chi connectivity index (χ0v) is 15.8. The third-order valence-electron chi connectivity index (χ3n) is 4.16. The molecule has 0 saturated carbocycles. The van der Waals surface area contributed by atoms with E-state index < -0.39 is 15.1 Å². The standard InChI is InChI=1S/C19H24O3S2/c1-15(20)19(24(2,21)22)9-5-3-4-7-16-10-12-17(13-11-16)18-8-6-14-23-18/h6,8,10-14,19H,3-5,7,9H2,1-2H3. The van der Waals surface area contributed by atoms with Gasteiger partial charge in [-0.15, -0.1) is 11.3 Å². The van der Waals surface area contributed by atoms with Gasteiger partial charge >= 0.3 is 0 Å². The maximum absolute atomic E-state index is 11.6. The van der Waals surface area contributed by atoms with Crippen molar-refractivity contribution in [3.63, 3.8) is 0 Å². The van der Waals surface area contributed by atoms with Gasteiger partial charge in [0.25, 0.3) is 0 Å². The highest BCUT2D eigenvalue weighted by Gasteiger charge is 2.24. The van der Waals surface area contributed by atoms with Crippen LogP contribution in [0.3, 0.4) is 0 Å². The summed E-state index contributed by atoms with van der Waals surface area (Å²) in [6.07, 6.45) is 5.28. The molecule has 2 aromatic rings. The molecule has 0 saturated heterocycles. The highest BCUT2D eigenvalue weighted by molar-refractivity contribution is 7.92. The van der Waals surface area contributed by atoms with Crippen LogP contribution in [0.25, 0.3) is 10.4 Å². The summed E-state index contributed by atoms with van der Waals surface area (Å²) in [5.41, 5.74) is 2.53. The van der Waals surface area contributed by atoms with Crippen molar-refractivity contribution in [1.29, 1.82) is 0 Å². The van der Waals surface area contributed by atoms with Crippen LogP contribution in [0.2, 0.25) is 0 Å². The van der Waals surface area contributed by atoms with Crippen molar-refractivity contribution in [2.45, 2.75) is 44.3 Å². The van der Waals surface area contributed by atoms with Crippen molar-refractivity contribution in [3.8, 4) is 10.4 Å². The lowest BCUT2D eigenvalue weighted by Gasteiger charge is -2.11. The van der Waals surface area contributed by atoms with E-state index in [1.165, 1.54) is 22.9 Å². The molecule has 0 aliphatic rings. The fourth-order valence-corrected chi connectivity index (χ4v) is 4.76. The number of thiophene rings is 1. The van der Waals surface area contributed by atoms with Gasteiger partial charge in [0.05, 0.1) is 0 Å². The molecular formula is C19H24O3S2. The summed E-state index contributed by atoms with van der Waals surface area (Å²) in [5, 5.41) is 1.25. The van der Waals surface area contributed by atoms with E-state index in [1.807, 2.05) is 0 Å². The fraction of sp³-hybridized carbons (Fsp3) is 0.421. The predicted octanol–water partition coefficient (Wildman–Crippen LogP) is 4.52. The van der Waals surface area contributed by atoms with Gasteiger partial charge in [0, 0.05) is 11.1 Å². The molecule has 1 aromatic carbocycles. The molecule has 1 atom stereocenters. The quantitative estimate of drug-likeness (QED) is 0.615. The minimum absolute atomic E-state index is 0.248. The molecule has 0 aliphatic carbocycles. The van der Waals surface area contributed by atoms with Crippen LogP contribution in [0.4, 0.5) is 0 Å². The first kappa shape index (κ1) is 18.9. The second-order valence-electron chi connectivity index (χ2n) is 6.20. The molecule has 0 N–H and O–H groups in total. The molecule has 0 aliphatic heterocycles. The number of Topliss-reactive ketones (excluding diaryl/α,β-unsaturated/α-hetero) is 1. The van der Waals surface area contributed by atoms with Gasteiger partial charge < -0.3 is 0 Å². The van der Waals surface area contributed by atoms with Gasteiger partial charge in [-0.05, 0) is 48.8 Å². The summed E-state index contributed by atoms with van der Waals surface area (Å²) in [6.45, 7) is 1.36. The Morgan fingerprint density at radius 3 is 2.33 bits per heavy atom. The zero-order chi connectivity index (χ0) is 17.6. The molecule has 0 spiro atoms. The molecular weight excluding hydrogens is 340 g/mol. The van der Waals surface area contributed by atoms with Gasteiger partial charge in [0.15, 0.2) is 9.84 Å². The Morgan fingerprint density at radius 1 is 1.08 bits per heavy atom. The van der Waals surface area contributed by atoms with Crippen LogP contribution in [0.5, 0.6) is 0 Å². The monoisotopic (exact) mass is 364 g/mol. The van der Waals surface area contributed by atoms with Crippen LogP contribution in [0, 0.1) is 0 Å². The Hall–Kier alpha value is -1.46. The van der Waals surface area contributed by atoms with Crippen molar-refractivity contribution >= 4 is 27.0 Å². The third kappa shape index (κ3) is 5.56. The SMILES string of the molecule is CC(=O)C(CCCCCc1ccc(-c2cccs2)cc1)S(C)(=O)=O. The average molecular weight is 365 g/mol. The minimum Gasteiger partial charge on any atom is -0.299 e. The normalized spacial score (nSPS) is 12.9. The molecule has 2 rings (SSSR count). The average Bonchev–Trinajstić information content (AvgIpc) is 3.04. The van der Waals surface area contributed by atoms with E-state index in [9.17, 15) is 13.2 Å². The lowest BCUT2D eigenvalue weighted by Crippen LogP contribution is -2.27. The molecule has 0 radical (unpaired) electrons. The number of carbonyl (C=O) groups is 1. The fourth-order valence-electron chi connectivity index (χ4n) is 2.83. The molecule has 24 heavy (non-hydrogen) atoms. The van der Waals surface area contributed by atoms with Crippen LogP contribution in [0.1, 0.15) is 38.2 Å². The molecule has 0 fully saturated rings. The zero-order valence-electron chi connectivity index (χ0n) is 14.2. The molecule has 1 aromatic heterocycles. The number of benzene rings is 1. The maximum atomic E-state index is 11.6. The summed E-state index contributed by atoms with van der Waals surface area (Å²) >= 11 is 1.74. The second kappa shape index (κ2) is 8.58. The Bertz CT molecular complexity index is 744. The van der Waals surface area contributed by atoms with Gasteiger partial charge in [-0.1, -0.05) is 43.2 Å². The van der Waals surface area contributed by atoms with Gasteiger partial charge in [0.2, 0.25) is 0 Å². The first-order chi connectivity index (χ1) is 11.4. The first-order valence-corrected chi connectivity index (χ1v) is 11.0. The summed E-state index contributed by atoms with van der Waals surface area (Å²) in [4.78, 5) is 12.7. The van der Waals surface area contributed by atoms with E-state index >= 15 is 0 Å². The van der Waals surface area contributed by atoms with E-state index in [-0.39, 0.29) is 5.78 Å². The molecule has 5 heteroatoms. The van der Waals surface area contributed by atoms with Crippen molar-refractivity contribution in [2.24, 2.45) is 0 Å². The number of carbonyl (C=O) groups excluding carboxylic acids is 1. The van der Waals surface area contributed by atoms with Crippen LogP contribution in [-0.2, 0) is 21.1 Å². The van der Waals surface area contributed by atoms with Gasteiger partial charge in [-0.2, -0.15) is 0 Å². The Labute approximate surface area is 148 Å². The van der Waals surface area contributed by atoms with Crippen molar-refractivity contribution in [2.75, 3.05) is 6.26 Å². The second-order valence-corrected chi connectivity index (χ2v) is 9.38. The lowest BCUT2D eigenvalue weighted by atomic mass is 10.0. The number of ketones is 1. The molecule has 1 heterocycles. The number of unbranched alkanes of at least 4 members (excludes halogenated alkanes) is 2. The predicted molar refractivity (Wildman–Crippen MR) is 101 cm³/mol. The third-order valence-corrected chi connectivity index (χ3v) is 6.68. The van der Waals surface area contributed by atoms with Crippen molar-refractivity contribution < 1.29 is 13.2 Å². The van der Waals surface area contributed by atoms with Crippen LogP contribution >= 0.6 is 11.3 Å². The molecule has 1 unspecified atom stereocenters. The first-order valence-electron chi connectivity index (χ1n) is 8.20. The van der Waals surface area contributed by atoms with Gasteiger partial charge in [0.1, 0.15) is 11.0 Å². The number of aryl methyl sites for hydroxylation is 1. The number of rotatable bonds is 9. The molecule has 3 nitrogen and oxygen atoms in total. The van der Waals surface area contributed by atoms with E-state index in [1.54, 1.807) is 11.3 Å². The minimum atomic E-state index is -3.28. The van der Waals surface area contributed by atoms with E-state index in [0.29, 0.717) is 6.42 Å². The van der Waals surface area contributed by atoms with Crippen LogP contribution in [0.15, 0.2) is 41.8 Å².